The number of carbonyl (C=O) groups excluding carboxylic acids is 1. The molecule has 0 saturated carbocycles. The van der Waals surface area contributed by atoms with Gasteiger partial charge < -0.3 is 9.84 Å². The number of hydrogen-bond donors (Lipinski definition) is 1. The normalized spacial score (nSPS) is 12.5. The van der Waals surface area contributed by atoms with Gasteiger partial charge in [-0.1, -0.05) is 0 Å². The van der Waals surface area contributed by atoms with Crippen LogP contribution in [0.15, 0.2) is 6.07 Å². The number of nitrogens with zero attached hydrogens (tertiary/aromatic N) is 2. The van der Waals surface area contributed by atoms with E-state index in [-0.39, 0.29) is 6.10 Å². The van der Waals surface area contributed by atoms with Crippen LogP contribution in [-0.4, -0.2) is 34.1 Å². The summed E-state index contributed by atoms with van der Waals surface area (Å²) in [5, 5.41) is 13.2. The highest BCUT2D eigenvalue weighted by Gasteiger charge is 2.12. The largest absolute Gasteiger partial charge is 0.464 e. The van der Waals surface area contributed by atoms with E-state index in [0.29, 0.717) is 18.5 Å². The summed E-state index contributed by atoms with van der Waals surface area (Å²) in [5.41, 5.74) is 1.22. The van der Waals surface area contributed by atoms with Crippen LogP contribution < -0.4 is 0 Å². The first-order valence-corrected chi connectivity index (χ1v) is 4.84. The summed E-state index contributed by atoms with van der Waals surface area (Å²) < 4.78 is 6.20. The first kappa shape index (κ1) is 11.7. The number of esters is 1. The van der Waals surface area contributed by atoms with Crippen molar-refractivity contribution < 1.29 is 14.6 Å². The molecule has 0 aliphatic heterocycles. The van der Waals surface area contributed by atoms with Gasteiger partial charge in [-0.25, -0.2) is 4.79 Å². The number of aliphatic hydroxyl groups excluding tert-OH is 1. The molecule has 0 radical (unpaired) electrons. The Morgan fingerprint density at radius 1 is 1.73 bits per heavy atom. The van der Waals surface area contributed by atoms with E-state index in [2.05, 4.69) is 9.84 Å². The maximum atomic E-state index is 11.2. The van der Waals surface area contributed by atoms with E-state index in [1.165, 1.54) is 7.11 Å². The highest BCUT2D eigenvalue weighted by atomic mass is 16.5. The SMILES string of the molecule is COC(=O)c1cc(CC[C@@H](C)O)n(C)n1. The van der Waals surface area contributed by atoms with Crippen LogP contribution in [-0.2, 0) is 18.2 Å². The van der Waals surface area contributed by atoms with E-state index in [1.54, 1.807) is 24.7 Å². The number of hydrogen-bond acceptors (Lipinski definition) is 4. The lowest BCUT2D eigenvalue weighted by Crippen LogP contribution is -2.05. The van der Waals surface area contributed by atoms with Gasteiger partial charge in [0.2, 0.25) is 0 Å². The number of methoxy groups -OCH3 is 1. The molecular weight excluding hydrogens is 196 g/mol. The maximum Gasteiger partial charge on any atom is 0.358 e. The molecule has 5 heteroatoms. The molecule has 1 aromatic heterocycles. The van der Waals surface area contributed by atoms with Gasteiger partial charge in [0.25, 0.3) is 0 Å². The molecule has 1 N–H and O–H groups in total. The lowest BCUT2D eigenvalue weighted by Gasteiger charge is -2.03. The van der Waals surface area contributed by atoms with Crippen molar-refractivity contribution in [1.29, 1.82) is 0 Å². The fourth-order valence-corrected chi connectivity index (χ4v) is 1.30. The highest BCUT2D eigenvalue weighted by molar-refractivity contribution is 5.87. The van der Waals surface area contributed by atoms with Crippen molar-refractivity contribution in [3.8, 4) is 0 Å². The van der Waals surface area contributed by atoms with Crippen LogP contribution in [0, 0.1) is 0 Å². The van der Waals surface area contributed by atoms with Gasteiger partial charge in [-0.05, 0) is 25.8 Å². The van der Waals surface area contributed by atoms with Gasteiger partial charge in [0, 0.05) is 12.7 Å². The zero-order valence-electron chi connectivity index (χ0n) is 9.23. The predicted octanol–water partition coefficient (Wildman–Crippen LogP) is 0.520. The number of aliphatic hydroxyl groups is 1. The molecule has 0 aliphatic rings. The average molecular weight is 212 g/mol. The third kappa shape index (κ3) is 3.06. The Kier molecular flexibility index (Phi) is 3.85. The molecule has 0 bridgehead atoms. The summed E-state index contributed by atoms with van der Waals surface area (Å²) in [4.78, 5) is 11.2. The lowest BCUT2D eigenvalue weighted by atomic mass is 10.1. The van der Waals surface area contributed by atoms with Gasteiger partial charge in [0.15, 0.2) is 5.69 Å². The van der Waals surface area contributed by atoms with E-state index in [0.717, 1.165) is 5.69 Å². The predicted molar refractivity (Wildman–Crippen MR) is 54.5 cm³/mol. The van der Waals surface area contributed by atoms with Gasteiger partial charge in [-0.3, -0.25) is 4.68 Å². The average Bonchev–Trinajstić information content (AvgIpc) is 2.55. The van der Waals surface area contributed by atoms with Crippen LogP contribution in [0.1, 0.15) is 29.5 Å². The maximum absolute atomic E-state index is 11.2. The third-order valence-electron chi connectivity index (χ3n) is 2.19. The third-order valence-corrected chi connectivity index (χ3v) is 2.19. The quantitative estimate of drug-likeness (QED) is 0.739. The monoisotopic (exact) mass is 212 g/mol. The smallest absolute Gasteiger partial charge is 0.358 e. The topological polar surface area (TPSA) is 64.3 Å². The van der Waals surface area contributed by atoms with Crippen molar-refractivity contribution in [2.24, 2.45) is 7.05 Å². The van der Waals surface area contributed by atoms with Gasteiger partial charge >= 0.3 is 5.97 Å². The molecular formula is C10H16N2O3. The Labute approximate surface area is 88.7 Å². The Hall–Kier alpha value is -1.36. The summed E-state index contributed by atoms with van der Waals surface area (Å²) in [6.07, 6.45) is 1.000. The molecule has 0 saturated heterocycles. The van der Waals surface area contributed by atoms with Gasteiger partial charge in [-0.2, -0.15) is 5.10 Å². The first-order valence-electron chi connectivity index (χ1n) is 4.84. The van der Waals surface area contributed by atoms with Crippen LogP contribution in [0.3, 0.4) is 0 Å². The molecule has 1 rings (SSSR count). The second-order valence-corrected chi connectivity index (χ2v) is 3.52. The minimum absolute atomic E-state index is 0.306. The zero-order valence-corrected chi connectivity index (χ0v) is 9.23. The number of aromatic nitrogens is 2. The minimum atomic E-state index is -0.436. The number of rotatable bonds is 4. The van der Waals surface area contributed by atoms with E-state index in [4.69, 9.17) is 5.11 Å². The molecule has 1 heterocycles. The number of carbonyl (C=O) groups is 1. The van der Waals surface area contributed by atoms with E-state index < -0.39 is 5.97 Å². The van der Waals surface area contributed by atoms with Crippen molar-refractivity contribution >= 4 is 5.97 Å². The summed E-state index contributed by atoms with van der Waals surface area (Å²) in [6, 6.07) is 1.69. The van der Waals surface area contributed by atoms with Crippen LogP contribution >= 0.6 is 0 Å². The molecule has 0 fully saturated rings. The second kappa shape index (κ2) is 4.93. The van der Waals surface area contributed by atoms with Crippen molar-refractivity contribution in [3.63, 3.8) is 0 Å². The molecule has 0 spiro atoms. The lowest BCUT2D eigenvalue weighted by molar-refractivity contribution is 0.0593. The number of aryl methyl sites for hydroxylation is 2. The van der Waals surface area contributed by atoms with Crippen molar-refractivity contribution in [2.45, 2.75) is 25.9 Å². The van der Waals surface area contributed by atoms with Crippen molar-refractivity contribution in [1.82, 2.24) is 9.78 Å². The molecule has 0 aliphatic carbocycles. The fraction of sp³-hybridized carbons (Fsp3) is 0.600. The Bertz CT molecular complexity index is 344. The molecule has 5 nitrogen and oxygen atoms in total. The summed E-state index contributed by atoms with van der Waals surface area (Å²) in [6.45, 7) is 1.73. The molecule has 15 heavy (non-hydrogen) atoms. The van der Waals surface area contributed by atoms with Gasteiger partial charge in [-0.15, -0.1) is 0 Å². The minimum Gasteiger partial charge on any atom is -0.464 e. The Balaban J connectivity index is 2.73. The van der Waals surface area contributed by atoms with E-state index in [9.17, 15) is 4.79 Å². The number of ether oxygens (including phenoxy) is 1. The highest BCUT2D eigenvalue weighted by Crippen LogP contribution is 2.08. The molecule has 1 atom stereocenters. The molecule has 0 unspecified atom stereocenters. The molecule has 84 valence electrons. The summed E-state index contributed by atoms with van der Waals surface area (Å²) in [7, 11) is 3.09. The van der Waals surface area contributed by atoms with Gasteiger partial charge in [0.1, 0.15) is 0 Å². The van der Waals surface area contributed by atoms with Crippen molar-refractivity contribution in [2.75, 3.05) is 7.11 Å². The van der Waals surface area contributed by atoms with Crippen LogP contribution in [0.4, 0.5) is 0 Å². The molecule has 0 aromatic carbocycles. The molecule has 0 amide bonds. The van der Waals surface area contributed by atoms with Crippen LogP contribution in [0.2, 0.25) is 0 Å². The van der Waals surface area contributed by atoms with Crippen LogP contribution in [0.25, 0.3) is 0 Å². The fourth-order valence-electron chi connectivity index (χ4n) is 1.30. The van der Waals surface area contributed by atoms with Gasteiger partial charge in [0.05, 0.1) is 13.2 Å². The first-order chi connectivity index (χ1) is 7.04. The van der Waals surface area contributed by atoms with E-state index in [1.807, 2.05) is 0 Å². The van der Waals surface area contributed by atoms with E-state index >= 15 is 0 Å². The van der Waals surface area contributed by atoms with Crippen LogP contribution in [0.5, 0.6) is 0 Å². The molecule has 1 aromatic rings. The standard InChI is InChI=1S/C10H16N2O3/c1-7(13)4-5-8-6-9(10(14)15-3)11-12(8)2/h6-7,13H,4-5H2,1-3H3/t7-/m1/s1. The Morgan fingerprint density at radius 2 is 2.40 bits per heavy atom. The Morgan fingerprint density at radius 3 is 2.93 bits per heavy atom. The zero-order chi connectivity index (χ0) is 11.4. The summed E-state index contributed by atoms with van der Waals surface area (Å²) in [5.74, 6) is -0.436. The second-order valence-electron chi connectivity index (χ2n) is 3.52. The summed E-state index contributed by atoms with van der Waals surface area (Å²) >= 11 is 0. The van der Waals surface area contributed by atoms with Crippen molar-refractivity contribution in [3.05, 3.63) is 17.5 Å².